The summed E-state index contributed by atoms with van der Waals surface area (Å²) in [5, 5.41) is 16.8. The number of amides is 1. The molecule has 2 aromatic rings. The van der Waals surface area contributed by atoms with Gasteiger partial charge in [-0.25, -0.2) is 0 Å². The normalized spacial score (nSPS) is 10.3. The topological polar surface area (TPSA) is 92.8 Å². The van der Waals surface area contributed by atoms with Crippen molar-refractivity contribution in [2.24, 2.45) is 0 Å². The molecule has 0 aliphatic rings. The Morgan fingerprint density at radius 1 is 1.40 bits per heavy atom. The molecule has 0 saturated carbocycles. The molecule has 1 aromatic carbocycles. The van der Waals surface area contributed by atoms with Crippen molar-refractivity contribution in [2.75, 3.05) is 13.2 Å². The first-order chi connectivity index (χ1) is 9.65. The summed E-state index contributed by atoms with van der Waals surface area (Å²) in [6.07, 6.45) is 0.490. The fourth-order valence-corrected chi connectivity index (χ4v) is 1.85. The predicted octanol–water partition coefficient (Wildman–Crippen LogP) is 1.24. The average Bonchev–Trinajstić information content (AvgIpc) is 2.91. The number of H-pyrrole nitrogens is 1. The van der Waals surface area contributed by atoms with Crippen molar-refractivity contribution in [1.29, 1.82) is 0 Å². The molecule has 7 nitrogen and oxygen atoms in total. The number of carbonyl (C=O) groups is 1. The maximum absolute atomic E-state index is 11.6. The highest BCUT2D eigenvalue weighted by Crippen LogP contribution is 2.27. The van der Waals surface area contributed by atoms with Crippen LogP contribution in [0.25, 0.3) is 0 Å². The van der Waals surface area contributed by atoms with Crippen LogP contribution in [0.2, 0.25) is 10.0 Å². The summed E-state index contributed by atoms with van der Waals surface area (Å²) in [6.45, 7) is 0.268. The summed E-state index contributed by atoms with van der Waals surface area (Å²) in [5.41, 5.74) is 0. The van der Waals surface area contributed by atoms with Crippen molar-refractivity contribution in [2.45, 2.75) is 6.42 Å². The van der Waals surface area contributed by atoms with E-state index in [4.69, 9.17) is 27.9 Å². The number of carbonyl (C=O) groups excluding carboxylic acids is 1. The van der Waals surface area contributed by atoms with Gasteiger partial charge < -0.3 is 10.1 Å². The largest absolute Gasteiger partial charge is 0.482 e. The molecule has 2 rings (SSSR count). The first-order valence-electron chi connectivity index (χ1n) is 5.72. The van der Waals surface area contributed by atoms with Crippen LogP contribution in [-0.2, 0) is 11.2 Å². The van der Waals surface area contributed by atoms with Crippen molar-refractivity contribution < 1.29 is 9.53 Å². The number of hydrogen-bond donors (Lipinski definition) is 2. The third-order valence-corrected chi connectivity index (χ3v) is 2.84. The fraction of sp³-hybridized carbons (Fsp3) is 0.273. The van der Waals surface area contributed by atoms with Gasteiger partial charge in [-0.1, -0.05) is 28.4 Å². The molecule has 20 heavy (non-hydrogen) atoms. The molecular formula is C11H11Cl2N5O2. The van der Waals surface area contributed by atoms with E-state index in [1.165, 1.54) is 0 Å². The van der Waals surface area contributed by atoms with Gasteiger partial charge in [0.05, 0.1) is 5.02 Å². The number of rotatable bonds is 6. The van der Waals surface area contributed by atoms with Crippen LogP contribution in [0.3, 0.4) is 0 Å². The fourth-order valence-electron chi connectivity index (χ4n) is 1.39. The highest BCUT2D eigenvalue weighted by atomic mass is 35.5. The minimum Gasteiger partial charge on any atom is -0.482 e. The quantitative estimate of drug-likeness (QED) is 0.836. The van der Waals surface area contributed by atoms with Crippen LogP contribution in [0.5, 0.6) is 5.75 Å². The first-order valence-corrected chi connectivity index (χ1v) is 6.47. The number of ether oxygens (including phenoxy) is 1. The number of aromatic amines is 1. The Morgan fingerprint density at radius 3 is 2.95 bits per heavy atom. The Kier molecular flexibility index (Phi) is 5.14. The highest BCUT2D eigenvalue weighted by Gasteiger charge is 2.06. The number of nitrogens with zero attached hydrogens (tertiary/aromatic N) is 3. The van der Waals surface area contributed by atoms with Gasteiger partial charge in [0.15, 0.2) is 12.4 Å². The summed E-state index contributed by atoms with van der Waals surface area (Å²) < 4.78 is 5.29. The van der Waals surface area contributed by atoms with E-state index in [1.807, 2.05) is 0 Å². The molecule has 106 valence electrons. The Labute approximate surface area is 124 Å². The van der Waals surface area contributed by atoms with E-state index < -0.39 is 0 Å². The molecule has 0 bridgehead atoms. The molecule has 0 spiro atoms. The molecule has 0 saturated heterocycles. The van der Waals surface area contributed by atoms with E-state index in [-0.39, 0.29) is 12.5 Å². The second kappa shape index (κ2) is 7.06. The van der Waals surface area contributed by atoms with Gasteiger partial charge in [0.1, 0.15) is 5.75 Å². The molecular weight excluding hydrogens is 305 g/mol. The Balaban J connectivity index is 1.72. The Bertz CT molecular complexity index is 576. The van der Waals surface area contributed by atoms with Gasteiger partial charge in [-0.15, -0.1) is 10.2 Å². The molecule has 1 aromatic heterocycles. The van der Waals surface area contributed by atoms with Crippen LogP contribution in [-0.4, -0.2) is 39.7 Å². The van der Waals surface area contributed by atoms with E-state index in [1.54, 1.807) is 18.2 Å². The van der Waals surface area contributed by atoms with Crippen LogP contribution in [0, 0.1) is 0 Å². The summed E-state index contributed by atoms with van der Waals surface area (Å²) in [5.74, 6) is 0.677. The molecule has 0 atom stereocenters. The van der Waals surface area contributed by atoms with Crippen LogP contribution in [0.1, 0.15) is 5.82 Å². The molecule has 9 heteroatoms. The van der Waals surface area contributed by atoms with Gasteiger partial charge in [0, 0.05) is 18.0 Å². The highest BCUT2D eigenvalue weighted by molar-refractivity contribution is 6.35. The predicted molar refractivity (Wildman–Crippen MR) is 72.8 cm³/mol. The molecule has 0 fully saturated rings. The molecule has 0 radical (unpaired) electrons. The maximum atomic E-state index is 11.6. The molecule has 0 aliphatic heterocycles. The lowest BCUT2D eigenvalue weighted by Gasteiger charge is -2.08. The van der Waals surface area contributed by atoms with Gasteiger partial charge in [0.25, 0.3) is 5.91 Å². The lowest BCUT2D eigenvalue weighted by atomic mass is 10.3. The molecule has 1 amide bonds. The van der Waals surface area contributed by atoms with Gasteiger partial charge in [-0.3, -0.25) is 4.79 Å². The molecule has 1 heterocycles. The van der Waals surface area contributed by atoms with Crippen molar-refractivity contribution in [1.82, 2.24) is 25.9 Å². The zero-order valence-corrected chi connectivity index (χ0v) is 11.8. The van der Waals surface area contributed by atoms with E-state index in [0.29, 0.717) is 34.6 Å². The van der Waals surface area contributed by atoms with Crippen molar-refractivity contribution in [3.05, 3.63) is 34.1 Å². The van der Waals surface area contributed by atoms with Crippen molar-refractivity contribution in [3.8, 4) is 5.75 Å². The van der Waals surface area contributed by atoms with E-state index in [9.17, 15) is 4.79 Å². The zero-order valence-electron chi connectivity index (χ0n) is 10.3. The van der Waals surface area contributed by atoms with Crippen LogP contribution < -0.4 is 10.1 Å². The monoisotopic (exact) mass is 315 g/mol. The average molecular weight is 316 g/mol. The van der Waals surface area contributed by atoms with Gasteiger partial charge in [0.2, 0.25) is 0 Å². The standard InChI is InChI=1S/C11H11Cl2N5O2/c12-7-1-2-9(8(13)5-7)20-6-11(19)14-4-3-10-15-17-18-16-10/h1-2,5H,3-4,6H2,(H,14,19)(H,15,16,17,18). The Morgan fingerprint density at radius 2 is 2.25 bits per heavy atom. The number of aromatic nitrogens is 4. The number of hydrogen-bond acceptors (Lipinski definition) is 5. The third kappa shape index (κ3) is 4.36. The smallest absolute Gasteiger partial charge is 0.257 e. The van der Waals surface area contributed by atoms with E-state index in [0.717, 1.165) is 0 Å². The number of halogens is 2. The molecule has 2 N–H and O–H groups in total. The lowest BCUT2D eigenvalue weighted by Crippen LogP contribution is -2.30. The van der Waals surface area contributed by atoms with Crippen LogP contribution >= 0.6 is 23.2 Å². The number of nitrogens with one attached hydrogen (secondary N) is 2. The second-order valence-electron chi connectivity index (χ2n) is 3.79. The van der Waals surface area contributed by atoms with Gasteiger partial charge in [-0.05, 0) is 18.2 Å². The SMILES string of the molecule is O=C(COc1ccc(Cl)cc1Cl)NCCc1nn[nH]n1. The van der Waals surface area contributed by atoms with E-state index in [2.05, 4.69) is 25.9 Å². The number of tetrazole rings is 1. The zero-order chi connectivity index (χ0) is 14.4. The minimum absolute atomic E-state index is 0.131. The summed E-state index contributed by atoms with van der Waals surface area (Å²) >= 11 is 11.7. The number of benzene rings is 1. The van der Waals surface area contributed by atoms with Crippen molar-refractivity contribution >= 4 is 29.1 Å². The summed E-state index contributed by atoms with van der Waals surface area (Å²) in [7, 11) is 0. The second-order valence-corrected chi connectivity index (χ2v) is 4.64. The van der Waals surface area contributed by atoms with E-state index >= 15 is 0 Å². The Hall–Kier alpha value is -1.86. The lowest BCUT2D eigenvalue weighted by molar-refractivity contribution is -0.123. The minimum atomic E-state index is -0.264. The van der Waals surface area contributed by atoms with Gasteiger partial charge in [-0.2, -0.15) is 5.21 Å². The van der Waals surface area contributed by atoms with Crippen LogP contribution in [0.4, 0.5) is 0 Å². The van der Waals surface area contributed by atoms with Crippen LogP contribution in [0.15, 0.2) is 18.2 Å². The van der Waals surface area contributed by atoms with Gasteiger partial charge >= 0.3 is 0 Å². The maximum Gasteiger partial charge on any atom is 0.257 e. The first kappa shape index (κ1) is 14.5. The summed E-state index contributed by atoms with van der Waals surface area (Å²) in [4.78, 5) is 11.6. The molecule has 0 aliphatic carbocycles. The molecule has 0 unspecified atom stereocenters. The summed E-state index contributed by atoms with van der Waals surface area (Å²) in [6, 6.07) is 4.79. The third-order valence-electron chi connectivity index (χ3n) is 2.31. The van der Waals surface area contributed by atoms with Crippen molar-refractivity contribution in [3.63, 3.8) is 0 Å².